The number of carbonyl (C=O) groups is 1. The predicted octanol–water partition coefficient (Wildman–Crippen LogP) is 4.92. The zero-order valence-corrected chi connectivity index (χ0v) is 17.7. The minimum atomic E-state index is -0.372. The van der Waals surface area contributed by atoms with E-state index < -0.39 is 0 Å². The second-order valence-electron chi connectivity index (χ2n) is 8.09. The van der Waals surface area contributed by atoms with E-state index in [4.69, 9.17) is 0 Å². The standard InChI is InChI=1S/C27H24FN3O/c28-24-13-7-12-22-18-23(19-29-25(22)24)27(32)31-16-14-30(15-17-31)26(20-8-3-1-4-9-20)21-10-5-2-6-11-21/h1-13,18-19,26H,14-17H2. The summed E-state index contributed by atoms with van der Waals surface area (Å²) >= 11 is 0. The fraction of sp³-hybridized carbons (Fsp3) is 0.185. The molecule has 160 valence electrons. The Labute approximate surface area is 186 Å². The first-order valence-corrected chi connectivity index (χ1v) is 10.9. The van der Waals surface area contributed by atoms with Crippen molar-refractivity contribution in [1.82, 2.24) is 14.8 Å². The maximum Gasteiger partial charge on any atom is 0.255 e. The highest BCUT2D eigenvalue weighted by Gasteiger charge is 2.28. The van der Waals surface area contributed by atoms with Crippen LogP contribution in [-0.4, -0.2) is 46.9 Å². The van der Waals surface area contributed by atoms with E-state index in [1.54, 1.807) is 18.2 Å². The quantitative estimate of drug-likeness (QED) is 0.466. The van der Waals surface area contributed by atoms with Crippen LogP contribution in [0.25, 0.3) is 10.9 Å². The van der Waals surface area contributed by atoms with Crippen molar-refractivity contribution >= 4 is 16.8 Å². The van der Waals surface area contributed by atoms with Gasteiger partial charge in [-0.25, -0.2) is 4.39 Å². The van der Waals surface area contributed by atoms with Crippen LogP contribution in [0.3, 0.4) is 0 Å². The fourth-order valence-corrected chi connectivity index (χ4v) is 4.49. The Balaban J connectivity index is 1.34. The molecule has 2 heterocycles. The van der Waals surface area contributed by atoms with Crippen LogP contribution in [-0.2, 0) is 0 Å². The third-order valence-corrected chi connectivity index (χ3v) is 6.11. The Hall–Kier alpha value is -3.57. The molecule has 0 spiro atoms. The molecule has 5 heteroatoms. The van der Waals surface area contributed by atoms with Gasteiger partial charge in [0.15, 0.2) is 0 Å². The van der Waals surface area contributed by atoms with Crippen LogP contribution in [0.2, 0.25) is 0 Å². The zero-order chi connectivity index (χ0) is 21.9. The molecule has 4 nitrogen and oxygen atoms in total. The molecule has 0 atom stereocenters. The van der Waals surface area contributed by atoms with Gasteiger partial charge < -0.3 is 4.90 Å². The van der Waals surface area contributed by atoms with Gasteiger partial charge in [-0.15, -0.1) is 0 Å². The van der Waals surface area contributed by atoms with E-state index in [9.17, 15) is 9.18 Å². The maximum absolute atomic E-state index is 13.9. The number of pyridine rings is 1. The molecule has 1 saturated heterocycles. The Kier molecular flexibility index (Phi) is 5.65. The van der Waals surface area contributed by atoms with E-state index in [1.165, 1.54) is 23.4 Å². The van der Waals surface area contributed by atoms with Gasteiger partial charge in [0.05, 0.1) is 11.6 Å². The van der Waals surface area contributed by atoms with Crippen molar-refractivity contribution < 1.29 is 9.18 Å². The third kappa shape index (κ3) is 3.99. The Morgan fingerprint density at radius 2 is 1.44 bits per heavy atom. The average Bonchev–Trinajstić information content (AvgIpc) is 2.85. The summed E-state index contributed by atoms with van der Waals surface area (Å²) in [5, 5.41) is 0.641. The lowest BCUT2D eigenvalue weighted by Crippen LogP contribution is -2.49. The highest BCUT2D eigenvalue weighted by atomic mass is 19.1. The molecule has 4 aromatic rings. The monoisotopic (exact) mass is 425 g/mol. The molecule has 0 unspecified atom stereocenters. The summed E-state index contributed by atoms with van der Waals surface area (Å²) in [5.41, 5.74) is 3.29. The first-order chi connectivity index (χ1) is 15.7. The molecule has 0 radical (unpaired) electrons. The summed E-state index contributed by atoms with van der Waals surface area (Å²) in [6, 6.07) is 27.7. The second-order valence-corrected chi connectivity index (χ2v) is 8.09. The number of para-hydroxylation sites is 1. The summed E-state index contributed by atoms with van der Waals surface area (Å²) in [5.74, 6) is -0.428. The minimum Gasteiger partial charge on any atom is -0.336 e. The number of benzene rings is 3. The summed E-state index contributed by atoms with van der Waals surface area (Å²) in [7, 11) is 0. The Bertz CT molecular complexity index is 1180. The number of amides is 1. The topological polar surface area (TPSA) is 36.4 Å². The van der Waals surface area contributed by atoms with Crippen molar-refractivity contribution in [2.75, 3.05) is 26.2 Å². The van der Waals surface area contributed by atoms with Crippen LogP contribution in [0.15, 0.2) is 91.1 Å². The number of hydrogen-bond donors (Lipinski definition) is 0. The van der Waals surface area contributed by atoms with E-state index in [-0.39, 0.29) is 17.8 Å². The summed E-state index contributed by atoms with van der Waals surface area (Å²) in [4.78, 5) is 21.6. The van der Waals surface area contributed by atoms with Crippen molar-refractivity contribution in [3.05, 3.63) is 114 Å². The number of fused-ring (bicyclic) bond motifs is 1. The Morgan fingerprint density at radius 3 is 2.06 bits per heavy atom. The predicted molar refractivity (Wildman–Crippen MR) is 124 cm³/mol. The smallest absolute Gasteiger partial charge is 0.255 e. The van der Waals surface area contributed by atoms with Gasteiger partial charge in [-0.2, -0.15) is 0 Å². The maximum atomic E-state index is 13.9. The minimum absolute atomic E-state index is 0.0562. The van der Waals surface area contributed by atoms with Gasteiger partial charge in [0.2, 0.25) is 0 Å². The van der Waals surface area contributed by atoms with Crippen LogP contribution in [0, 0.1) is 5.82 Å². The van der Waals surface area contributed by atoms with E-state index in [2.05, 4.69) is 58.4 Å². The molecule has 1 amide bonds. The number of rotatable bonds is 4. The summed E-state index contributed by atoms with van der Waals surface area (Å²) in [6.45, 7) is 2.82. The molecule has 0 bridgehead atoms. The molecular formula is C27H24FN3O. The lowest BCUT2D eigenvalue weighted by atomic mass is 9.96. The van der Waals surface area contributed by atoms with Crippen LogP contribution >= 0.6 is 0 Å². The van der Waals surface area contributed by atoms with Crippen molar-refractivity contribution in [1.29, 1.82) is 0 Å². The van der Waals surface area contributed by atoms with Gasteiger partial charge >= 0.3 is 0 Å². The van der Waals surface area contributed by atoms with Crippen LogP contribution in [0.4, 0.5) is 4.39 Å². The molecule has 32 heavy (non-hydrogen) atoms. The molecule has 3 aromatic carbocycles. The van der Waals surface area contributed by atoms with E-state index in [1.807, 2.05) is 17.0 Å². The van der Waals surface area contributed by atoms with Crippen LogP contribution in [0.5, 0.6) is 0 Å². The van der Waals surface area contributed by atoms with Crippen molar-refractivity contribution in [3.63, 3.8) is 0 Å². The highest BCUT2D eigenvalue weighted by Crippen LogP contribution is 2.29. The highest BCUT2D eigenvalue weighted by molar-refractivity contribution is 5.97. The van der Waals surface area contributed by atoms with Gasteiger partial charge in [0.25, 0.3) is 5.91 Å². The van der Waals surface area contributed by atoms with Crippen molar-refractivity contribution in [2.24, 2.45) is 0 Å². The molecule has 5 rings (SSSR count). The SMILES string of the molecule is O=C(c1cnc2c(F)cccc2c1)N1CCN(C(c2ccccc2)c2ccccc2)CC1. The molecule has 1 fully saturated rings. The first-order valence-electron chi connectivity index (χ1n) is 10.9. The van der Waals surface area contributed by atoms with Crippen molar-refractivity contribution in [2.45, 2.75) is 6.04 Å². The van der Waals surface area contributed by atoms with Gasteiger partial charge in [0.1, 0.15) is 11.3 Å². The Morgan fingerprint density at radius 1 is 0.812 bits per heavy atom. The third-order valence-electron chi connectivity index (χ3n) is 6.11. The van der Waals surface area contributed by atoms with Gasteiger partial charge in [-0.05, 0) is 23.3 Å². The number of carbonyl (C=O) groups excluding carboxylic acids is 1. The van der Waals surface area contributed by atoms with Gasteiger partial charge in [-0.1, -0.05) is 72.8 Å². The molecule has 1 aromatic heterocycles. The molecule has 0 N–H and O–H groups in total. The van der Waals surface area contributed by atoms with Gasteiger partial charge in [0, 0.05) is 37.8 Å². The number of halogens is 1. The average molecular weight is 426 g/mol. The molecule has 1 aliphatic rings. The first kappa shape index (κ1) is 20.3. The van der Waals surface area contributed by atoms with Crippen LogP contribution in [0.1, 0.15) is 27.5 Å². The number of piperazine rings is 1. The van der Waals surface area contributed by atoms with E-state index in [0.29, 0.717) is 29.6 Å². The van der Waals surface area contributed by atoms with Gasteiger partial charge in [-0.3, -0.25) is 14.7 Å². The second kappa shape index (κ2) is 8.89. The van der Waals surface area contributed by atoms with Crippen molar-refractivity contribution in [3.8, 4) is 0 Å². The summed E-state index contributed by atoms with van der Waals surface area (Å²) < 4.78 is 13.9. The van der Waals surface area contributed by atoms with E-state index in [0.717, 1.165) is 13.1 Å². The largest absolute Gasteiger partial charge is 0.336 e. The molecular weight excluding hydrogens is 401 g/mol. The molecule has 0 aliphatic carbocycles. The van der Waals surface area contributed by atoms with Crippen LogP contribution < -0.4 is 0 Å². The zero-order valence-electron chi connectivity index (χ0n) is 17.7. The molecule has 0 saturated carbocycles. The normalized spacial score (nSPS) is 14.8. The fourth-order valence-electron chi connectivity index (χ4n) is 4.49. The lowest BCUT2D eigenvalue weighted by molar-refractivity contribution is 0.0597. The summed E-state index contributed by atoms with van der Waals surface area (Å²) in [6.07, 6.45) is 1.48. The number of aromatic nitrogens is 1. The lowest BCUT2D eigenvalue weighted by Gasteiger charge is -2.39. The number of nitrogens with zero attached hydrogens (tertiary/aromatic N) is 3. The number of hydrogen-bond acceptors (Lipinski definition) is 3. The van der Waals surface area contributed by atoms with E-state index >= 15 is 0 Å². The molecule has 1 aliphatic heterocycles.